The molecule has 1 aromatic rings. The lowest BCUT2D eigenvalue weighted by Crippen LogP contribution is -2.51. The third-order valence-corrected chi connectivity index (χ3v) is 6.90. The second-order valence-corrected chi connectivity index (χ2v) is 10.5. The SMILES string of the molecule is CC1(NS(=O)C(C)(C)C)CCC(C)(c2cccc(Cl)c2)CC1. The zero-order valence-electron chi connectivity index (χ0n) is 14.3. The molecule has 1 unspecified atom stereocenters. The quantitative estimate of drug-likeness (QED) is 0.825. The fourth-order valence-corrected chi connectivity index (χ4v) is 4.13. The van der Waals surface area contributed by atoms with E-state index >= 15 is 0 Å². The zero-order chi connectivity index (χ0) is 16.6. The molecule has 1 saturated carbocycles. The molecular formula is C18H28ClNOS. The fraction of sp³-hybridized carbons (Fsp3) is 0.667. The minimum atomic E-state index is -1.02. The summed E-state index contributed by atoms with van der Waals surface area (Å²) in [5, 5.41) is 0.805. The van der Waals surface area contributed by atoms with Gasteiger partial charge in [0, 0.05) is 10.6 Å². The van der Waals surface area contributed by atoms with Gasteiger partial charge in [-0.3, -0.25) is 0 Å². The van der Waals surface area contributed by atoms with Crippen molar-refractivity contribution in [3.63, 3.8) is 0 Å². The van der Waals surface area contributed by atoms with Crippen LogP contribution in [-0.2, 0) is 16.4 Å². The lowest BCUT2D eigenvalue weighted by atomic mass is 9.66. The van der Waals surface area contributed by atoms with Gasteiger partial charge in [-0.15, -0.1) is 0 Å². The zero-order valence-corrected chi connectivity index (χ0v) is 15.9. The van der Waals surface area contributed by atoms with Crippen LogP contribution in [0.3, 0.4) is 0 Å². The van der Waals surface area contributed by atoms with Crippen LogP contribution in [0.1, 0.15) is 65.9 Å². The first-order valence-corrected chi connectivity index (χ1v) is 9.53. The maximum Gasteiger partial charge on any atom is 0.0975 e. The summed E-state index contributed by atoms with van der Waals surface area (Å²) in [5.41, 5.74) is 1.44. The van der Waals surface area contributed by atoms with Crippen molar-refractivity contribution in [3.05, 3.63) is 34.9 Å². The third kappa shape index (κ3) is 4.12. The molecule has 0 bridgehead atoms. The number of hydrogen-bond donors (Lipinski definition) is 1. The Bertz CT molecular complexity index is 556. The van der Waals surface area contributed by atoms with E-state index in [1.54, 1.807) is 0 Å². The van der Waals surface area contributed by atoms with Gasteiger partial charge < -0.3 is 0 Å². The van der Waals surface area contributed by atoms with Crippen molar-refractivity contribution in [3.8, 4) is 0 Å². The molecular weight excluding hydrogens is 314 g/mol. The summed E-state index contributed by atoms with van der Waals surface area (Å²) in [4.78, 5) is 0. The molecule has 1 N–H and O–H groups in total. The van der Waals surface area contributed by atoms with Gasteiger partial charge in [-0.05, 0) is 76.5 Å². The molecule has 0 heterocycles. The molecule has 1 atom stereocenters. The molecule has 4 heteroatoms. The molecule has 2 nitrogen and oxygen atoms in total. The van der Waals surface area contributed by atoms with Crippen molar-refractivity contribution < 1.29 is 4.21 Å². The van der Waals surface area contributed by atoms with Crippen LogP contribution >= 0.6 is 11.6 Å². The maximum atomic E-state index is 12.4. The Morgan fingerprint density at radius 2 is 1.73 bits per heavy atom. The molecule has 1 aliphatic rings. The van der Waals surface area contributed by atoms with E-state index in [-0.39, 0.29) is 15.7 Å². The lowest BCUT2D eigenvalue weighted by molar-refractivity contribution is 0.212. The van der Waals surface area contributed by atoms with Gasteiger partial charge in [0.15, 0.2) is 0 Å². The summed E-state index contributed by atoms with van der Waals surface area (Å²) < 4.78 is 15.6. The van der Waals surface area contributed by atoms with Gasteiger partial charge in [-0.25, -0.2) is 8.93 Å². The second-order valence-electron chi connectivity index (χ2n) is 8.11. The van der Waals surface area contributed by atoms with E-state index in [2.05, 4.69) is 30.7 Å². The van der Waals surface area contributed by atoms with Crippen LogP contribution < -0.4 is 4.72 Å². The molecule has 0 spiro atoms. The first-order chi connectivity index (χ1) is 10.0. The average molecular weight is 342 g/mol. The summed E-state index contributed by atoms with van der Waals surface area (Å²) >= 11 is 6.15. The van der Waals surface area contributed by atoms with Crippen LogP contribution in [0.2, 0.25) is 5.02 Å². The molecule has 1 fully saturated rings. The Morgan fingerprint density at radius 1 is 1.14 bits per heavy atom. The van der Waals surface area contributed by atoms with Crippen molar-refractivity contribution in [1.29, 1.82) is 0 Å². The highest BCUT2D eigenvalue weighted by Crippen LogP contribution is 2.43. The summed E-state index contributed by atoms with van der Waals surface area (Å²) in [5.74, 6) is 0. The van der Waals surface area contributed by atoms with E-state index in [9.17, 15) is 4.21 Å². The second kappa shape index (κ2) is 6.26. The van der Waals surface area contributed by atoms with Gasteiger partial charge in [-0.1, -0.05) is 30.7 Å². The Morgan fingerprint density at radius 3 is 2.23 bits per heavy atom. The Labute approximate surface area is 142 Å². The topological polar surface area (TPSA) is 29.1 Å². The lowest BCUT2D eigenvalue weighted by Gasteiger charge is -2.44. The van der Waals surface area contributed by atoms with E-state index in [4.69, 9.17) is 11.6 Å². The van der Waals surface area contributed by atoms with Gasteiger partial charge >= 0.3 is 0 Å². The standard InChI is InChI=1S/C18H28ClNOS/c1-16(2,3)22(21)20-18(5)11-9-17(4,10-12-18)14-7-6-8-15(19)13-14/h6-8,13,20H,9-12H2,1-5H3. The Balaban J connectivity index is 2.07. The Hall–Kier alpha value is -0.380. The first-order valence-electron chi connectivity index (χ1n) is 8.00. The molecule has 124 valence electrons. The molecule has 0 amide bonds. The molecule has 22 heavy (non-hydrogen) atoms. The van der Waals surface area contributed by atoms with Crippen LogP contribution in [0.4, 0.5) is 0 Å². The summed E-state index contributed by atoms with van der Waals surface area (Å²) in [6.45, 7) is 10.6. The molecule has 0 radical (unpaired) electrons. The minimum Gasteiger partial charge on any atom is -0.242 e. The minimum absolute atomic E-state index is 0.0454. The predicted molar refractivity (Wildman–Crippen MR) is 96.7 cm³/mol. The van der Waals surface area contributed by atoms with E-state index in [1.807, 2.05) is 32.9 Å². The van der Waals surface area contributed by atoms with Crippen LogP contribution in [0.15, 0.2) is 24.3 Å². The average Bonchev–Trinajstić information content (AvgIpc) is 2.42. The van der Waals surface area contributed by atoms with Crippen LogP contribution in [0.5, 0.6) is 0 Å². The van der Waals surface area contributed by atoms with Crippen LogP contribution in [0, 0.1) is 0 Å². The van der Waals surface area contributed by atoms with Gasteiger partial charge in [0.05, 0.1) is 15.7 Å². The number of halogens is 1. The highest BCUT2D eigenvalue weighted by Gasteiger charge is 2.40. The highest BCUT2D eigenvalue weighted by molar-refractivity contribution is 7.84. The Kier molecular flexibility index (Phi) is 5.11. The van der Waals surface area contributed by atoms with Gasteiger partial charge in [0.2, 0.25) is 0 Å². The van der Waals surface area contributed by atoms with Crippen molar-refractivity contribution in [1.82, 2.24) is 4.72 Å². The van der Waals surface area contributed by atoms with Crippen molar-refractivity contribution in [2.24, 2.45) is 0 Å². The van der Waals surface area contributed by atoms with Gasteiger partial charge in [0.1, 0.15) is 0 Å². The van der Waals surface area contributed by atoms with Crippen molar-refractivity contribution >= 4 is 22.6 Å². The molecule has 0 aromatic heterocycles. The maximum absolute atomic E-state index is 12.4. The van der Waals surface area contributed by atoms with Gasteiger partial charge in [-0.2, -0.15) is 0 Å². The number of hydrogen-bond acceptors (Lipinski definition) is 1. The molecule has 0 aliphatic heterocycles. The van der Waals surface area contributed by atoms with Crippen molar-refractivity contribution in [2.75, 3.05) is 0 Å². The van der Waals surface area contributed by atoms with Gasteiger partial charge in [0.25, 0.3) is 0 Å². The normalized spacial score (nSPS) is 31.0. The number of benzene rings is 1. The molecule has 1 aliphatic carbocycles. The highest BCUT2D eigenvalue weighted by atomic mass is 35.5. The largest absolute Gasteiger partial charge is 0.242 e. The molecule has 0 saturated heterocycles. The van der Waals surface area contributed by atoms with Crippen LogP contribution in [0.25, 0.3) is 0 Å². The fourth-order valence-electron chi connectivity index (χ4n) is 2.99. The predicted octanol–water partition coefficient (Wildman–Crippen LogP) is 4.98. The third-order valence-electron chi connectivity index (χ3n) is 4.87. The van der Waals surface area contributed by atoms with E-state index < -0.39 is 11.0 Å². The van der Waals surface area contributed by atoms with E-state index in [1.165, 1.54) is 5.56 Å². The van der Waals surface area contributed by atoms with Crippen LogP contribution in [-0.4, -0.2) is 14.5 Å². The van der Waals surface area contributed by atoms with E-state index in [0.717, 1.165) is 30.7 Å². The summed E-state index contributed by atoms with van der Waals surface area (Å²) in [7, 11) is -1.02. The number of rotatable bonds is 3. The summed E-state index contributed by atoms with van der Waals surface area (Å²) in [6.07, 6.45) is 4.21. The van der Waals surface area contributed by atoms with E-state index in [0.29, 0.717) is 0 Å². The first kappa shape index (κ1) is 18.0. The molecule has 2 rings (SSSR count). The smallest absolute Gasteiger partial charge is 0.0975 e. The molecule has 1 aromatic carbocycles. The number of nitrogens with one attached hydrogen (secondary N) is 1. The summed E-state index contributed by atoms with van der Waals surface area (Å²) in [6, 6.07) is 8.22. The van der Waals surface area contributed by atoms with Crippen molar-refractivity contribution in [2.45, 2.75) is 76.0 Å². The monoisotopic (exact) mass is 341 g/mol.